The van der Waals surface area contributed by atoms with Gasteiger partial charge in [-0.1, -0.05) is 57.3 Å². The van der Waals surface area contributed by atoms with E-state index in [-0.39, 0.29) is 5.91 Å². The molecule has 0 aliphatic carbocycles. The summed E-state index contributed by atoms with van der Waals surface area (Å²) in [6.07, 6.45) is -0.835. The number of fused-ring (bicyclic) bond motifs is 1. The van der Waals surface area contributed by atoms with Gasteiger partial charge in [0.05, 0.1) is 11.4 Å². The predicted molar refractivity (Wildman–Crippen MR) is 119 cm³/mol. The van der Waals surface area contributed by atoms with Gasteiger partial charge in [0.2, 0.25) is 0 Å². The summed E-state index contributed by atoms with van der Waals surface area (Å²) in [6.45, 7) is 0. The van der Waals surface area contributed by atoms with Crippen molar-refractivity contribution < 1.29 is 4.79 Å². The summed E-state index contributed by atoms with van der Waals surface area (Å²) in [5.41, 5.74) is 3.58. The molecule has 0 fully saturated rings. The maximum Gasteiger partial charge on any atom is 0.269 e. The molecule has 4 nitrogen and oxygen atoms in total. The Morgan fingerprint density at radius 1 is 0.964 bits per heavy atom. The van der Waals surface area contributed by atoms with Crippen molar-refractivity contribution in [1.29, 1.82) is 0 Å². The van der Waals surface area contributed by atoms with Crippen molar-refractivity contribution in [3.63, 3.8) is 0 Å². The Balaban J connectivity index is 1.84. The molecule has 1 aliphatic rings. The minimum Gasteiger partial charge on any atom is -0.356 e. The van der Waals surface area contributed by atoms with E-state index in [0.717, 1.165) is 21.3 Å². The number of amides is 1. The fourth-order valence-electron chi connectivity index (χ4n) is 2.95. The number of nitrogens with zero attached hydrogens (tertiary/aromatic N) is 1. The first kappa shape index (κ1) is 19.0. The van der Waals surface area contributed by atoms with Crippen molar-refractivity contribution in [2.45, 2.75) is 6.17 Å². The van der Waals surface area contributed by atoms with Gasteiger partial charge in [0.15, 0.2) is 6.17 Å². The number of hydrogen-bond donors (Lipinski definition) is 2. The Labute approximate surface area is 180 Å². The number of rotatable bonds is 3. The summed E-state index contributed by atoms with van der Waals surface area (Å²) >= 11 is 15.9. The average Bonchev–Trinajstić information content (AvgIpc) is 2.81. The van der Waals surface area contributed by atoms with Gasteiger partial charge >= 0.3 is 0 Å². The number of benzene rings is 3. The lowest BCUT2D eigenvalue weighted by atomic mass is 10.0. The molecule has 0 aromatic heterocycles. The molecule has 140 valence electrons. The molecule has 4 rings (SSSR count). The van der Waals surface area contributed by atoms with E-state index in [9.17, 15) is 4.79 Å². The van der Waals surface area contributed by atoms with E-state index >= 15 is 0 Å². The number of carbonyl (C=O) groups is 1. The van der Waals surface area contributed by atoms with E-state index in [1.807, 2.05) is 36.4 Å². The highest BCUT2D eigenvalue weighted by Gasteiger charge is 2.26. The molecule has 0 spiro atoms. The maximum atomic E-state index is 12.8. The van der Waals surface area contributed by atoms with Crippen molar-refractivity contribution in [1.82, 2.24) is 0 Å². The Morgan fingerprint density at radius 3 is 2.46 bits per heavy atom. The molecule has 1 atom stereocenters. The van der Waals surface area contributed by atoms with Crippen LogP contribution in [0.25, 0.3) is 0 Å². The molecule has 0 bridgehead atoms. The molecule has 7 heteroatoms. The minimum atomic E-state index is -0.835. The Kier molecular flexibility index (Phi) is 5.40. The maximum absolute atomic E-state index is 12.8. The molecule has 3 aromatic rings. The molecule has 3 aromatic carbocycles. The van der Waals surface area contributed by atoms with Gasteiger partial charge in [0, 0.05) is 31.3 Å². The first-order valence-electron chi connectivity index (χ1n) is 8.47. The first-order chi connectivity index (χ1) is 13.5. The molecule has 0 saturated heterocycles. The number of aliphatic imine (C=N–C) groups is 1. The fourth-order valence-corrected chi connectivity index (χ4v) is 3.66. The third-order valence-corrected chi connectivity index (χ3v) is 5.35. The smallest absolute Gasteiger partial charge is 0.269 e. The number of anilines is 2. The fraction of sp³-hybridized carbons (Fsp3) is 0.0476. The van der Waals surface area contributed by atoms with Gasteiger partial charge in [-0.2, -0.15) is 0 Å². The highest BCUT2D eigenvalue weighted by molar-refractivity contribution is 9.10. The van der Waals surface area contributed by atoms with Crippen molar-refractivity contribution in [3.8, 4) is 0 Å². The molecule has 2 N–H and O–H groups in total. The van der Waals surface area contributed by atoms with Crippen LogP contribution in [0.5, 0.6) is 0 Å². The molecule has 1 aliphatic heterocycles. The summed E-state index contributed by atoms with van der Waals surface area (Å²) in [7, 11) is 0. The van der Waals surface area contributed by atoms with Crippen LogP contribution in [0.2, 0.25) is 10.0 Å². The van der Waals surface area contributed by atoms with Gasteiger partial charge in [-0.25, -0.2) is 4.99 Å². The Bertz CT molecular complexity index is 1080. The van der Waals surface area contributed by atoms with Crippen LogP contribution in [0.15, 0.2) is 76.2 Å². The first-order valence-corrected chi connectivity index (χ1v) is 10.0. The molecule has 1 unspecified atom stereocenters. The zero-order valence-corrected chi connectivity index (χ0v) is 17.5. The van der Waals surface area contributed by atoms with E-state index in [1.165, 1.54) is 0 Å². The summed E-state index contributed by atoms with van der Waals surface area (Å²) < 4.78 is 0.879. The normalized spacial score (nSPS) is 15.9. The molecular weight excluding hydrogens is 461 g/mol. The van der Waals surface area contributed by atoms with Crippen LogP contribution in [0.3, 0.4) is 0 Å². The van der Waals surface area contributed by atoms with Crippen LogP contribution in [-0.4, -0.2) is 17.8 Å². The number of carbonyl (C=O) groups excluding carboxylic acids is 1. The van der Waals surface area contributed by atoms with E-state index in [2.05, 4.69) is 26.6 Å². The lowest BCUT2D eigenvalue weighted by molar-refractivity contribution is -0.116. The molecule has 28 heavy (non-hydrogen) atoms. The van der Waals surface area contributed by atoms with Gasteiger partial charge in [-0.15, -0.1) is 0 Å². The Hall–Kier alpha value is -2.34. The van der Waals surface area contributed by atoms with Crippen molar-refractivity contribution in [3.05, 3.63) is 92.4 Å². The zero-order chi connectivity index (χ0) is 19.7. The Morgan fingerprint density at radius 2 is 1.71 bits per heavy atom. The van der Waals surface area contributed by atoms with E-state index in [4.69, 9.17) is 28.2 Å². The van der Waals surface area contributed by atoms with Crippen molar-refractivity contribution >= 4 is 62.1 Å². The summed E-state index contributed by atoms with van der Waals surface area (Å²) in [5, 5.41) is 7.28. The molecule has 1 heterocycles. The number of halogens is 3. The third-order valence-electron chi connectivity index (χ3n) is 4.28. The molecule has 1 amide bonds. The standard InChI is InChI=1S/C21H14BrCl2N3O/c22-12-5-10-18-16(11-12)19(15-3-1-2-4-17(15)24)27-20(21(28)26-18)25-14-8-6-13(23)7-9-14/h1-11,20,25H,(H,26,28). The molecular formula is C21H14BrCl2N3O. The van der Waals surface area contributed by atoms with Crippen molar-refractivity contribution in [2.75, 3.05) is 10.6 Å². The zero-order valence-electron chi connectivity index (χ0n) is 14.4. The van der Waals surface area contributed by atoms with Crippen LogP contribution in [0.1, 0.15) is 11.1 Å². The highest BCUT2D eigenvalue weighted by Crippen LogP contribution is 2.30. The van der Waals surface area contributed by atoms with Crippen molar-refractivity contribution in [2.24, 2.45) is 4.99 Å². The summed E-state index contributed by atoms with van der Waals surface area (Å²) in [6, 6.07) is 20.2. The number of benzodiazepines with no additional fused rings is 1. The van der Waals surface area contributed by atoms with Gasteiger partial charge in [-0.3, -0.25) is 4.79 Å². The van der Waals surface area contributed by atoms with Gasteiger partial charge in [0.25, 0.3) is 5.91 Å². The van der Waals surface area contributed by atoms with Crippen LogP contribution >= 0.6 is 39.1 Å². The van der Waals surface area contributed by atoms with Gasteiger partial charge in [0.1, 0.15) is 0 Å². The quantitative estimate of drug-likeness (QED) is 0.490. The van der Waals surface area contributed by atoms with Crippen LogP contribution in [-0.2, 0) is 4.79 Å². The second-order valence-electron chi connectivity index (χ2n) is 6.19. The van der Waals surface area contributed by atoms with Gasteiger partial charge in [-0.05, 0) is 48.5 Å². The highest BCUT2D eigenvalue weighted by atomic mass is 79.9. The lowest BCUT2D eigenvalue weighted by Gasteiger charge is -2.15. The summed E-state index contributed by atoms with van der Waals surface area (Å²) in [5.74, 6) is -0.263. The number of nitrogens with one attached hydrogen (secondary N) is 2. The van der Waals surface area contributed by atoms with Crippen LogP contribution in [0, 0.1) is 0 Å². The number of hydrogen-bond acceptors (Lipinski definition) is 3. The average molecular weight is 475 g/mol. The second-order valence-corrected chi connectivity index (χ2v) is 7.95. The van der Waals surface area contributed by atoms with E-state index in [0.29, 0.717) is 21.4 Å². The topological polar surface area (TPSA) is 53.5 Å². The predicted octanol–water partition coefficient (Wildman–Crippen LogP) is 5.98. The monoisotopic (exact) mass is 473 g/mol. The minimum absolute atomic E-state index is 0.263. The van der Waals surface area contributed by atoms with E-state index < -0.39 is 6.17 Å². The molecule has 0 radical (unpaired) electrons. The second kappa shape index (κ2) is 7.95. The molecule has 0 saturated carbocycles. The van der Waals surface area contributed by atoms with E-state index in [1.54, 1.807) is 30.3 Å². The van der Waals surface area contributed by atoms with Gasteiger partial charge < -0.3 is 10.6 Å². The lowest BCUT2D eigenvalue weighted by Crippen LogP contribution is -2.32. The largest absolute Gasteiger partial charge is 0.356 e. The third kappa shape index (κ3) is 3.92. The summed E-state index contributed by atoms with van der Waals surface area (Å²) in [4.78, 5) is 17.6. The SMILES string of the molecule is O=C1Nc2ccc(Br)cc2C(c2ccccc2Cl)=NC1Nc1ccc(Cl)cc1. The van der Waals surface area contributed by atoms with Crippen LogP contribution in [0.4, 0.5) is 11.4 Å². The van der Waals surface area contributed by atoms with Crippen LogP contribution < -0.4 is 10.6 Å².